The number of methoxy groups -OCH3 is 1. The number of amides is 1. The van der Waals surface area contributed by atoms with Crippen molar-refractivity contribution in [3.05, 3.63) is 60.4 Å². The highest BCUT2D eigenvalue weighted by atomic mass is 16.5. The highest BCUT2D eigenvalue weighted by molar-refractivity contribution is 6.04. The van der Waals surface area contributed by atoms with Crippen LogP contribution in [0.5, 0.6) is 5.75 Å². The molecule has 0 unspecified atom stereocenters. The van der Waals surface area contributed by atoms with Gasteiger partial charge in [0.2, 0.25) is 0 Å². The molecule has 20 heavy (non-hydrogen) atoms. The summed E-state index contributed by atoms with van der Waals surface area (Å²) in [6.07, 6.45) is 0. The van der Waals surface area contributed by atoms with Crippen LogP contribution in [-0.2, 0) is 0 Å². The number of ether oxygens (including phenoxy) is 1. The van der Waals surface area contributed by atoms with E-state index in [-0.39, 0.29) is 11.7 Å². The van der Waals surface area contributed by atoms with Crippen LogP contribution in [0.25, 0.3) is 11.0 Å². The molecule has 4 heteroatoms. The number of hydrogen-bond acceptors (Lipinski definition) is 3. The van der Waals surface area contributed by atoms with Crippen LogP contribution in [0.2, 0.25) is 0 Å². The molecule has 100 valence electrons. The van der Waals surface area contributed by atoms with Gasteiger partial charge in [0.25, 0.3) is 5.91 Å². The molecule has 0 saturated carbocycles. The number of anilines is 1. The van der Waals surface area contributed by atoms with Crippen molar-refractivity contribution in [2.75, 3.05) is 12.4 Å². The van der Waals surface area contributed by atoms with Crippen LogP contribution in [0.3, 0.4) is 0 Å². The Morgan fingerprint density at radius 2 is 1.90 bits per heavy atom. The van der Waals surface area contributed by atoms with Gasteiger partial charge in [0.1, 0.15) is 11.3 Å². The Morgan fingerprint density at radius 3 is 2.65 bits per heavy atom. The molecule has 0 aliphatic heterocycles. The van der Waals surface area contributed by atoms with Crippen molar-refractivity contribution in [1.29, 1.82) is 0 Å². The van der Waals surface area contributed by atoms with Gasteiger partial charge in [0, 0.05) is 11.1 Å². The van der Waals surface area contributed by atoms with Crippen molar-refractivity contribution in [1.82, 2.24) is 0 Å². The molecule has 0 spiro atoms. The minimum absolute atomic E-state index is 0.272. The lowest BCUT2D eigenvalue weighted by atomic mass is 10.2. The first-order valence-electron chi connectivity index (χ1n) is 6.20. The number of benzene rings is 2. The number of furan rings is 1. The summed E-state index contributed by atoms with van der Waals surface area (Å²) in [5, 5.41) is 3.62. The van der Waals surface area contributed by atoms with Crippen molar-refractivity contribution in [2.45, 2.75) is 0 Å². The lowest BCUT2D eigenvalue weighted by Crippen LogP contribution is -2.10. The summed E-state index contributed by atoms with van der Waals surface area (Å²) in [5.74, 6) is 0.733. The first-order valence-corrected chi connectivity index (χ1v) is 6.20. The predicted octanol–water partition coefficient (Wildman–Crippen LogP) is 3.69. The van der Waals surface area contributed by atoms with Gasteiger partial charge in [0.05, 0.1) is 7.11 Å². The van der Waals surface area contributed by atoms with Gasteiger partial charge in [-0.25, -0.2) is 0 Å². The van der Waals surface area contributed by atoms with Gasteiger partial charge in [-0.15, -0.1) is 0 Å². The highest BCUT2D eigenvalue weighted by Crippen LogP contribution is 2.24. The van der Waals surface area contributed by atoms with E-state index in [0.29, 0.717) is 5.58 Å². The van der Waals surface area contributed by atoms with Crippen LogP contribution in [0, 0.1) is 0 Å². The minimum atomic E-state index is -0.272. The molecule has 2 aromatic carbocycles. The van der Waals surface area contributed by atoms with Crippen LogP contribution in [0.4, 0.5) is 5.69 Å². The van der Waals surface area contributed by atoms with Gasteiger partial charge < -0.3 is 14.5 Å². The van der Waals surface area contributed by atoms with E-state index in [1.165, 1.54) is 0 Å². The number of rotatable bonds is 3. The molecule has 0 radical (unpaired) electrons. The molecule has 1 N–H and O–H groups in total. The maximum atomic E-state index is 12.1. The van der Waals surface area contributed by atoms with E-state index in [1.54, 1.807) is 25.3 Å². The monoisotopic (exact) mass is 267 g/mol. The van der Waals surface area contributed by atoms with Crippen LogP contribution in [0.1, 0.15) is 10.6 Å². The molecule has 0 aliphatic carbocycles. The maximum absolute atomic E-state index is 12.1. The number of carbonyl (C=O) groups is 1. The quantitative estimate of drug-likeness (QED) is 0.787. The second kappa shape index (κ2) is 5.09. The fourth-order valence-electron chi connectivity index (χ4n) is 1.97. The molecule has 1 amide bonds. The number of fused-ring (bicyclic) bond motifs is 1. The summed E-state index contributed by atoms with van der Waals surface area (Å²) in [6.45, 7) is 0. The van der Waals surface area contributed by atoms with E-state index in [0.717, 1.165) is 16.8 Å². The lowest BCUT2D eigenvalue weighted by Gasteiger charge is -2.01. The van der Waals surface area contributed by atoms with Crippen LogP contribution in [0.15, 0.2) is 59.0 Å². The SMILES string of the molecule is COc1ccc2oc(C(=O)Nc3ccccc3)cc2c1. The molecule has 0 saturated heterocycles. The summed E-state index contributed by atoms with van der Waals surface area (Å²) >= 11 is 0. The highest BCUT2D eigenvalue weighted by Gasteiger charge is 2.12. The molecule has 1 heterocycles. The Bertz CT molecular complexity index is 747. The molecule has 0 bridgehead atoms. The van der Waals surface area contributed by atoms with Gasteiger partial charge in [-0.1, -0.05) is 18.2 Å². The fraction of sp³-hybridized carbons (Fsp3) is 0.0625. The standard InChI is InChI=1S/C16H13NO3/c1-19-13-7-8-14-11(9-13)10-15(20-14)16(18)17-12-5-3-2-4-6-12/h2-10H,1H3,(H,17,18). The first kappa shape index (κ1) is 12.3. The maximum Gasteiger partial charge on any atom is 0.291 e. The summed E-state index contributed by atoms with van der Waals surface area (Å²) in [4.78, 5) is 12.1. The zero-order valence-corrected chi connectivity index (χ0v) is 10.9. The van der Waals surface area contributed by atoms with Gasteiger partial charge >= 0.3 is 0 Å². The van der Waals surface area contributed by atoms with Crippen molar-refractivity contribution in [2.24, 2.45) is 0 Å². The summed E-state index contributed by atoms with van der Waals surface area (Å²) in [7, 11) is 1.60. The van der Waals surface area contributed by atoms with E-state index in [9.17, 15) is 4.79 Å². The third kappa shape index (κ3) is 2.36. The summed E-state index contributed by atoms with van der Waals surface area (Å²) in [6, 6.07) is 16.4. The van der Waals surface area contributed by atoms with Crippen molar-refractivity contribution >= 4 is 22.6 Å². The predicted molar refractivity (Wildman–Crippen MR) is 77.2 cm³/mol. The van der Waals surface area contributed by atoms with E-state index in [4.69, 9.17) is 9.15 Å². The average Bonchev–Trinajstić information content (AvgIpc) is 2.91. The average molecular weight is 267 g/mol. The van der Waals surface area contributed by atoms with Crippen LogP contribution in [-0.4, -0.2) is 13.0 Å². The second-order valence-corrected chi connectivity index (χ2v) is 4.33. The van der Waals surface area contributed by atoms with Gasteiger partial charge in [0.15, 0.2) is 5.76 Å². The number of para-hydroxylation sites is 1. The number of hydrogen-bond donors (Lipinski definition) is 1. The van der Waals surface area contributed by atoms with Crippen LogP contribution < -0.4 is 10.1 Å². The van der Waals surface area contributed by atoms with E-state index >= 15 is 0 Å². The summed E-state index contributed by atoms with van der Waals surface area (Å²) in [5.41, 5.74) is 1.39. The third-order valence-corrected chi connectivity index (χ3v) is 2.98. The first-order chi connectivity index (χ1) is 9.76. The van der Waals surface area contributed by atoms with Crippen molar-refractivity contribution in [3.8, 4) is 5.75 Å². The van der Waals surface area contributed by atoms with E-state index in [1.807, 2.05) is 36.4 Å². The molecule has 3 rings (SSSR count). The van der Waals surface area contributed by atoms with Crippen molar-refractivity contribution in [3.63, 3.8) is 0 Å². The Kier molecular flexibility index (Phi) is 3.13. The molecular formula is C16H13NO3. The molecule has 0 aliphatic rings. The number of carbonyl (C=O) groups excluding carboxylic acids is 1. The smallest absolute Gasteiger partial charge is 0.291 e. The fourth-order valence-corrected chi connectivity index (χ4v) is 1.97. The Hall–Kier alpha value is -2.75. The zero-order chi connectivity index (χ0) is 13.9. The van der Waals surface area contributed by atoms with Gasteiger partial charge in [-0.3, -0.25) is 4.79 Å². The zero-order valence-electron chi connectivity index (χ0n) is 10.9. The van der Waals surface area contributed by atoms with Crippen molar-refractivity contribution < 1.29 is 13.9 Å². The normalized spacial score (nSPS) is 10.4. The van der Waals surface area contributed by atoms with Crippen LogP contribution >= 0.6 is 0 Å². The molecule has 1 aromatic heterocycles. The topological polar surface area (TPSA) is 51.5 Å². The molecule has 0 fully saturated rings. The van der Waals surface area contributed by atoms with Gasteiger partial charge in [-0.05, 0) is 36.4 Å². The second-order valence-electron chi connectivity index (χ2n) is 4.33. The molecule has 0 atom stereocenters. The Balaban J connectivity index is 1.88. The summed E-state index contributed by atoms with van der Waals surface area (Å²) < 4.78 is 10.7. The Morgan fingerprint density at radius 1 is 1.10 bits per heavy atom. The minimum Gasteiger partial charge on any atom is -0.497 e. The van der Waals surface area contributed by atoms with Gasteiger partial charge in [-0.2, -0.15) is 0 Å². The molecular weight excluding hydrogens is 254 g/mol. The van der Waals surface area contributed by atoms with E-state index < -0.39 is 0 Å². The molecule has 3 aromatic rings. The Labute approximate surface area is 116 Å². The third-order valence-electron chi connectivity index (χ3n) is 2.98. The lowest BCUT2D eigenvalue weighted by molar-refractivity contribution is 0.0998. The molecule has 4 nitrogen and oxygen atoms in total. The van der Waals surface area contributed by atoms with E-state index in [2.05, 4.69) is 5.32 Å². The largest absolute Gasteiger partial charge is 0.497 e. The number of nitrogens with one attached hydrogen (secondary N) is 1.